The third kappa shape index (κ3) is 2.92. The molecule has 0 spiro atoms. The van der Waals surface area contributed by atoms with Gasteiger partial charge in [0.15, 0.2) is 0 Å². The van der Waals surface area contributed by atoms with Gasteiger partial charge in [0, 0.05) is 12.5 Å². The first-order valence-corrected chi connectivity index (χ1v) is 7.50. The molecule has 0 radical (unpaired) electrons. The Morgan fingerprint density at radius 3 is 2.57 bits per heavy atom. The third-order valence-corrected chi connectivity index (χ3v) is 4.59. The number of carboxylic acid groups (broad SMARTS) is 1. The molecule has 1 aliphatic carbocycles. The van der Waals surface area contributed by atoms with E-state index in [0.29, 0.717) is 25.8 Å². The van der Waals surface area contributed by atoms with Crippen LogP contribution in [0.15, 0.2) is 24.3 Å². The Hall–Kier alpha value is -2.05. The summed E-state index contributed by atoms with van der Waals surface area (Å²) in [6, 6.07) is 4.43. The number of halogens is 3. The van der Waals surface area contributed by atoms with Crippen LogP contribution in [0, 0.1) is 5.92 Å². The number of amides is 1. The highest BCUT2D eigenvalue weighted by Gasteiger charge is 2.51. The van der Waals surface area contributed by atoms with Gasteiger partial charge in [-0.3, -0.25) is 4.79 Å². The van der Waals surface area contributed by atoms with E-state index >= 15 is 0 Å². The highest BCUT2D eigenvalue weighted by molar-refractivity contribution is 5.88. The minimum Gasteiger partial charge on any atom is -0.480 e. The van der Waals surface area contributed by atoms with Crippen molar-refractivity contribution in [2.45, 2.75) is 37.4 Å². The lowest BCUT2D eigenvalue weighted by Gasteiger charge is -2.21. The number of likely N-dealkylation sites (tertiary alicyclic amines) is 1. The summed E-state index contributed by atoms with van der Waals surface area (Å²) in [6.45, 7) is 0.361. The quantitative estimate of drug-likeness (QED) is 0.929. The maximum absolute atomic E-state index is 13.1. The zero-order valence-corrected chi connectivity index (χ0v) is 12.2. The summed E-state index contributed by atoms with van der Waals surface area (Å²) in [5.41, 5.74) is -0.582. The Morgan fingerprint density at radius 2 is 1.91 bits per heavy atom. The molecule has 4 nitrogen and oxygen atoms in total. The van der Waals surface area contributed by atoms with Crippen LogP contribution in [0.2, 0.25) is 0 Å². The van der Waals surface area contributed by atoms with Crippen LogP contribution in [0.5, 0.6) is 0 Å². The van der Waals surface area contributed by atoms with Crippen molar-refractivity contribution in [1.29, 1.82) is 0 Å². The molecule has 1 heterocycles. The van der Waals surface area contributed by atoms with E-state index in [1.807, 2.05) is 0 Å². The fourth-order valence-electron chi connectivity index (χ4n) is 3.39. The third-order valence-electron chi connectivity index (χ3n) is 4.59. The predicted molar refractivity (Wildman–Crippen MR) is 74.7 cm³/mol. The average Bonchev–Trinajstić information content (AvgIpc) is 3.13. The fourth-order valence-corrected chi connectivity index (χ4v) is 3.39. The van der Waals surface area contributed by atoms with E-state index in [9.17, 15) is 22.8 Å². The molecule has 2 fully saturated rings. The van der Waals surface area contributed by atoms with Gasteiger partial charge in [0.25, 0.3) is 0 Å². The molecule has 3 rings (SSSR count). The number of carboxylic acids is 1. The molecule has 7 heteroatoms. The lowest BCUT2D eigenvalue weighted by molar-refractivity contribution is -0.148. The van der Waals surface area contributed by atoms with Crippen LogP contribution >= 0.6 is 0 Å². The zero-order valence-electron chi connectivity index (χ0n) is 12.2. The summed E-state index contributed by atoms with van der Waals surface area (Å²) in [6.07, 6.45) is -3.10. The summed E-state index contributed by atoms with van der Waals surface area (Å²) in [7, 11) is 0. The highest BCUT2D eigenvalue weighted by atomic mass is 19.4. The molecule has 1 aromatic carbocycles. The smallest absolute Gasteiger partial charge is 0.416 e. The molecule has 1 aliphatic heterocycles. The van der Waals surface area contributed by atoms with Crippen molar-refractivity contribution in [2.24, 2.45) is 5.92 Å². The Kier molecular flexibility index (Phi) is 3.82. The van der Waals surface area contributed by atoms with Crippen LogP contribution in [-0.2, 0) is 15.8 Å². The van der Waals surface area contributed by atoms with Gasteiger partial charge in [-0.25, -0.2) is 4.79 Å². The van der Waals surface area contributed by atoms with Gasteiger partial charge >= 0.3 is 12.1 Å². The minimum absolute atomic E-state index is 0.129. The monoisotopic (exact) mass is 327 g/mol. The number of rotatable bonds is 3. The number of nitrogens with zero attached hydrogens (tertiary/aromatic N) is 1. The normalized spacial score (nSPS) is 27.1. The molecule has 2 aliphatic rings. The number of aliphatic carboxylic acids is 1. The van der Waals surface area contributed by atoms with Gasteiger partial charge in [0.2, 0.25) is 5.91 Å². The SMILES string of the molecule is O=C(O)[C@@H]1CCCN1C(=O)[C@H]1C[C@H]1c1ccccc1C(F)(F)F. The molecule has 0 bridgehead atoms. The Labute approximate surface area is 130 Å². The fraction of sp³-hybridized carbons (Fsp3) is 0.500. The van der Waals surface area contributed by atoms with Gasteiger partial charge in [0.1, 0.15) is 6.04 Å². The molecule has 0 unspecified atom stereocenters. The molecule has 1 saturated carbocycles. The van der Waals surface area contributed by atoms with Crippen molar-refractivity contribution < 1.29 is 27.9 Å². The summed E-state index contributed by atoms with van der Waals surface area (Å²) >= 11 is 0. The molecule has 1 amide bonds. The van der Waals surface area contributed by atoms with E-state index in [1.54, 1.807) is 0 Å². The second-order valence-corrected chi connectivity index (χ2v) is 6.06. The lowest BCUT2D eigenvalue weighted by atomic mass is 10.0. The highest BCUT2D eigenvalue weighted by Crippen LogP contribution is 2.52. The largest absolute Gasteiger partial charge is 0.480 e. The van der Waals surface area contributed by atoms with E-state index in [0.717, 1.165) is 6.07 Å². The molecule has 1 N–H and O–H groups in total. The molecule has 23 heavy (non-hydrogen) atoms. The van der Waals surface area contributed by atoms with E-state index in [2.05, 4.69) is 0 Å². The van der Waals surface area contributed by atoms with Gasteiger partial charge in [-0.2, -0.15) is 13.2 Å². The summed E-state index contributed by atoms with van der Waals surface area (Å²) in [5, 5.41) is 9.13. The van der Waals surface area contributed by atoms with Crippen LogP contribution in [0.25, 0.3) is 0 Å². The predicted octanol–water partition coefficient (Wildman–Crippen LogP) is 2.88. The molecule has 3 atom stereocenters. The summed E-state index contributed by atoms with van der Waals surface area (Å²) in [5.74, 6) is -2.41. The number of benzene rings is 1. The molecule has 1 aromatic rings. The zero-order chi connectivity index (χ0) is 16.8. The average molecular weight is 327 g/mol. The van der Waals surface area contributed by atoms with Crippen LogP contribution in [-0.4, -0.2) is 34.5 Å². The van der Waals surface area contributed by atoms with Gasteiger partial charge in [0.05, 0.1) is 5.56 Å². The molecule has 124 valence electrons. The van der Waals surface area contributed by atoms with Gasteiger partial charge in [-0.15, -0.1) is 0 Å². The molecular weight excluding hydrogens is 311 g/mol. The Morgan fingerprint density at radius 1 is 1.22 bits per heavy atom. The van der Waals surface area contributed by atoms with Crippen LogP contribution < -0.4 is 0 Å². The van der Waals surface area contributed by atoms with Crippen molar-refractivity contribution in [3.05, 3.63) is 35.4 Å². The summed E-state index contributed by atoms with van der Waals surface area (Å²) < 4.78 is 39.2. The first-order chi connectivity index (χ1) is 10.8. The van der Waals surface area contributed by atoms with Crippen LogP contribution in [0.4, 0.5) is 13.2 Å². The second kappa shape index (κ2) is 5.54. The molecule has 1 saturated heterocycles. The maximum atomic E-state index is 13.1. The Bertz CT molecular complexity index is 644. The number of hydrogen-bond acceptors (Lipinski definition) is 2. The number of carbonyl (C=O) groups is 2. The van der Waals surface area contributed by atoms with E-state index in [4.69, 9.17) is 5.11 Å². The van der Waals surface area contributed by atoms with Gasteiger partial charge in [-0.05, 0) is 36.8 Å². The first-order valence-electron chi connectivity index (χ1n) is 7.50. The topological polar surface area (TPSA) is 57.6 Å². The van der Waals surface area contributed by atoms with E-state index in [1.165, 1.54) is 23.1 Å². The molecular formula is C16H16F3NO3. The summed E-state index contributed by atoms with van der Waals surface area (Å²) in [4.78, 5) is 24.9. The van der Waals surface area contributed by atoms with Crippen molar-refractivity contribution in [1.82, 2.24) is 4.90 Å². The van der Waals surface area contributed by atoms with Crippen LogP contribution in [0.1, 0.15) is 36.3 Å². The van der Waals surface area contributed by atoms with E-state index in [-0.39, 0.29) is 11.5 Å². The first kappa shape index (κ1) is 15.8. The minimum atomic E-state index is -4.45. The lowest BCUT2D eigenvalue weighted by Crippen LogP contribution is -2.41. The number of alkyl halides is 3. The van der Waals surface area contributed by atoms with Crippen molar-refractivity contribution in [3.63, 3.8) is 0 Å². The van der Waals surface area contributed by atoms with Gasteiger partial charge < -0.3 is 10.0 Å². The van der Waals surface area contributed by atoms with Crippen LogP contribution in [0.3, 0.4) is 0 Å². The van der Waals surface area contributed by atoms with E-state index < -0.39 is 35.6 Å². The number of hydrogen-bond donors (Lipinski definition) is 1. The van der Waals surface area contributed by atoms with Crippen molar-refractivity contribution in [2.75, 3.05) is 6.54 Å². The maximum Gasteiger partial charge on any atom is 0.416 e. The van der Waals surface area contributed by atoms with Gasteiger partial charge in [-0.1, -0.05) is 18.2 Å². The van der Waals surface area contributed by atoms with Crippen molar-refractivity contribution >= 4 is 11.9 Å². The second-order valence-electron chi connectivity index (χ2n) is 6.06. The number of carbonyl (C=O) groups excluding carboxylic acids is 1. The van der Waals surface area contributed by atoms with Crippen molar-refractivity contribution in [3.8, 4) is 0 Å². The molecule has 0 aromatic heterocycles. The Balaban J connectivity index is 1.78. The standard InChI is InChI=1S/C16H16F3NO3/c17-16(18,19)12-5-2-1-4-9(12)10-8-11(10)14(21)20-7-3-6-13(20)15(22)23/h1-2,4-5,10-11,13H,3,6-8H2,(H,22,23)/t10-,11-,13-/m0/s1.